The molecule has 0 aliphatic rings. The van der Waals surface area contributed by atoms with Crippen LogP contribution in [0.4, 0.5) is 0 Å². The molecule has 0 saturated carbocycles. The zero-order chi connectivity index (χ0) is 14.5. The first-order valence-electron chi connectivity index (χ1n) is 6.69. The second-order valence-corrected chi connectivity index (χ2v) is 5.85. The van der Waals surface area contributed by atoms with Gasteiger partial charge in [-0.15, -0.1) is 0 Å². The molecular weight excluding hydrogens is 236 g/mol. The number of benzene rings is 1. The molecule has 1 aromatic rings. The number of Topliss-reactive ketones (excluding diaryl/α,β-unsaturated/α-hetero) is 1. The standard InChI is InChI=1S/C17H24O2/c1-13(18)8-6-7-9-14-10-11-16(19-5)15(12-14)17(2,3)4/h7,9-12H,6,8H2,1-5H3/b9-7+. The Morgan fingerprint density at radius 2 is 2.00 bits per heavy atom. The van der Waals surface area contributed by atoms with Crippen molar-refractivity contribution in [3.8, 4) is 5.75 Å². The van der Waals surface area contributed by atoms with E-state index in [0.717, 1.165) is 17.7 Å². The van der Waals surface area contributed by atoms with Crippen LogP contribution in [0.15, 0.2) is 24.3 Å². The lowest BCUT2D eigenvalue weighted by molar-refractivity contribution is -0.116. The van der Waals surface area contributed by atoms with Gasteiger partial charge in [0.05, 0.1) is 7.11 Å². The highest BCUT2D eigenvalue weighted by molar-refractivity contribution is 5.75. The van der Waals surface area contributed by atoms with Gasteiger partial charge < -0.3 is 9.53 Å². The maximum atomic E-state index is 10.9. The van der Waals surface area contributed by atoms with Crippen LogP contribution < -0.4 is 4.74 Å². The fourth-order valence-electron chi connectivity index (χ4n) is 1.92. The second kappa shape index (κ2) is 6.55. The van der Waals surface area contributed by atoms with Crippen molar-refractivity contribution in [1.29, 1.82) is 0 Å². The first kappa shape index (κ1) is 15.5. The summed E-state index contributed by atoms with van der Waals surface area (Å²) in [6, 6.07) is 6.20. The summed E-state index contributed by atoms with van der Waals surface area (Å²) in [5.41, 5.74) is 2.40. The summed E-state index contributed by atoms with van der Waals surface area (Å²) in [5, 5.41) is 0. The number of carbonyl (C=O) groups excluding carboxylic acids is 1. The fraction of sp³-hybridized carbons (Fsp3) is 0.471. The van der Waals surface area contributed by atoms with Gasteiger partial charge in [-0.25, -0.2) is 0 Å². The minimum atomic E-state index is 0.0502. The molecular formula is C17H24O2. The largest absolute Gasteiger partial charge is 0.496 e. The normalized spacial score (nSPS) is 11.8. The summed E-state index contributed by atoms with van der Waals surface area (Å²) in [4.78, 5) is 10.9. The molecule has 0 saturated heterocycles. The van der Waals surface area contributed by atoms with Crippen LogP contribution in [0.5, 0.6) is 5.75 Å². The smallest absolute Gasteiger partial charge is 0.130 e. The van der Waals surface area contributed by atoms with Crippen molar-refractivity contribution < 1.29 is 9.53 Å². The van der Waals surface area contributed by atoms with E-state index >= 15 is 0 Å². The van der Waals surface area contributed by atoms with Crippen molar-refractivity contribution in [3.05, 3.63) is 35.4 Å². The van der Waals surface area contributed by atoms with Crippen molar-refractivity contribution >= 4 is 11.9 Å². The summed E-state index contributed by atoms with van der Waals surface area (Å²) >= 11 is 0. The van der Waals surface area contributed by atoms with Crippen molar-refractivity contribution in [2.24, 2.45) is 0 Å². The number of carbonyl (C=O) groups is 1. The number of ketones is 1. The third-order valence-corrected chi connectivity index (χ3v) is 3.00. The molecule has 0 amide bonds. The third-order valence-electron chi connectivity index (χ3n) is 3.00. The highest BCUT2D eigenvalue weighted by Gasteiger charge is 2.18. The lowest BCUT2D eigenvalue weighted by Crippen LogP contribution is -2.12. The van der Waals surface area contributed by atoms with Crippen LogP contribution in [0.2, 0.25) is 0 Å². The van der Waals surface area contributed by atoms with E-state index in [1.54, 1.807) is 14.0 Å². The van der Waals surface area contributed by atoms with E-state index in [0.29, 0.717) is 6.42 Å². The first-order valence-corrected chi connectivity index (χ1v) is 6.69. The zero-order valence-corrected chi connectivity index (χ0v) is 12.6. The molecule has 0 aliphatic carbocycles. The molecule has 0 N–H and O–H groups in total. The topological polar surface area (TPSA) is 26.3 Å². The maximum Gasteiger partial charge on any atom is 0.130 e. The van der Waals surface area contributed by atoms with E-state index in [9.17, 15) is 4.79 Å². The van der Waals surface area contributed by atoms with Gasteiger partial charge in [-0.1, -0.05) is 39.0 Å². The third kappa shape index (κ3) is 4.90. The van der Waals surface area contributed by atoms with Gasteiger partial charge in [0.1, 0.15) is 11.5 Å². The minimum Gasteiger partial charge on any atom is -0.496 e. The molecule has 0 fully saturated rings. The molecule has 0 aliphatic heterocycles. The Labute approximate surface area is 116 Å². The van der Waals surface area contributed by atoms with Crippen LogP contribution in [0.1, 0.15) is 51.7 Å². The quantitative estimate of drug-likeness (QED) is 0.785. The number of hydrogen-bond donors (Lipinski definition) is 0. The van der Waals surface area contributed by atoms with Gasteiger partial charge in [0.2, 0.25) is 0 Å². The number of rotatable bonds is 5. The van der Waals surface area contributed by atoms with E-state index in [1.807, 2.05) is 12.1 Å². The summed E-state index contributed by atoms with van der Waals surface area (Å²) in [6.45, 7) is 8.15. The fourth-order valence-corrected chi connectivity index (χ4v) is 1.92. The van der Waals surface area contributed by atoms with Crippen molar-refractivity contribution in [1.82, 2.24) is 0 Å². The summed E-state index contributed by atoms with van der Waals surface area (Å²) in [7, 11) is 1.70. The molecule has 0 heterocycles. The Morgan fingerprint density at radius 1 is 1.32 bits per heavy atom. The van der Waals surface area contributed by atoms with Crippen molar-refractivity contribution in [3.63, 3.8) is 0 Å². The number of methoxy groups -OCH3 is 1. The highest BCUT2D eigenvalue weighted by atomic mass is 16.5. The lowest BCUT2D eigenvalue weighted by atomic mass is 9.85. The van der Waals surface area contributed by atoms with Gasteiger partial charge in [0, 0.05) is 12.0 Å². The molecule has 0 aromatic heterocycles. The average molecular weight is 260 g/mol. The minimum absolute atomic E-state index is 0.0502. The van der Waals surface area contributed by atoms with Gasteiger partial charge in [-0.3, -0.25) is 0 Å². The van der Waals surface area contributed by atoms with Gasteiger partial charge in [-0.2, -0.15) is 0 Å². The Kier molecular flexibility index (Phi) is 5.34. The summed E-state index contributed by atoms with van der Waals surface area (Å²) in [5.74, 6) is 1.16. The van der Waals surface area contributed by atoms with E-state index in [2.05, 4.69) is 39.0 Å². The highest BCUT2D eigenvalue weighted by Crippen LogP contribution is 2.32. The predicted octanol–water partition coefficient (Wildman–Crippen LogP) is 4.38. The van der Waals surface area contributed by atoms with Crippen LogP contribution in [-0.4, -0.2) is 12.9 Å². The van der Waals surface area contributed by atoms with E-state index in [-0.39, 0.29) is 11.2 Å². The Morgan fingerprint density at radius 3 is 2.53 bits per heavy atom. The molecule has 2 heteroatoms. The van der Waals surface area contributed by atoms with Crippen LogP contribution in [-0.2, 0) is 10.2 Å². The Bertz CT molecular complexity index is 465. The molecule has 104 valence electrons. The van der Waals surface area contributed by atoms with E-state index in [4.69, 9.17) is 4.74 Å². The molecule has 2 nitrogen and oxygen atoms in total. The summed E-state index contributed by atoms with van der Waals surface area (Å²) in [6.07, 6.45) is 5.53. The predicted molar refractivity (Wildman–Crippen MR) is 80.6 cm³/mol. The average Bonchev–Trinajstić information content (AvgIpc) is 2.33. The van der Waals surface area contributed by atoms with Crippen LogP contribution >= 0.6 is 0 Å². The number of allylic oxidation sites excluding steroid dienone is 1. The SMILES string of the molecule is COc1ccc(/C=C/CCC(C)=O)cc1C(C)(C)C. The lowest BCUT2D eigenvalue weighted by Gasteiger charge is -2.22. The zero-order valence-electron chi connectivity index (χ0n) is 12.6. The number of hydrogen-bond acceptors (Lipinski definition) is 2. The molecule has 0 radical (unpaired) electrons. The van der Waals surface area contributed by atoms with Gasteiger partial charge in [-0.05, 0) is 36.5 Å². The van der Waals surface area contributed by atoms with E-state index in [1.165, 1.54) is 5.56 Å². The molecule has 0 spiro atoms. The van der Waals surface area contributed by atoms with Crippen molar-refractivity contribution in [2.75, 3.05) is 7.11 Å². The Hall–Kier alpha value is -1.57. The van der Waals surface area contributed by atoms with Crippen LogP contribution in [0.3, 0.4) is 0 Å². The Balaban J connectivity index is 2.90. The summed E-state index contributed by atoms with van der Waals surface area (Å²) < 4.78 is 5.42. The molecule has 0 bridgehead atoms. The van der Waals surface area contributed by atoms with E-state index < -0.39 is 0 Å². The van der Waals surface area contributed by atoms with Gasteiger partial charge >= 0.3 is 0 Å². The molecule has 19 heavy (non-hydrogen) atoms. The van der Waals surface area contributed by atoms with Crippen LogP contribution in [0.25, 0.3) is 6.08 Å². The monoisotopic (exact) mass is 260 g/mol. The second-order valence-electron chi connectivity index (χ2n) is 5.85. The molecule has 0 atom stereocenters. The van der Waals surface area contributed by atoms with Crippen molar-refractivity contribution in [2.45, 2.75) is 46.0 Å². The van der Waals surface area contributed by atoms with Crippen LogP contribution in [0, 0.1) is 0 Å². The number of ether oxygens (including phenoxy) is 1. The van der Waals surface area contributed by atoms with Gasteiger partial charge in [0.15, 0.2) is 0 Å². The molecule has 1 rings (SSSR count). The maximum absolute atomic E-state index is 10.9. The molecule has 0 unspecified atom stereocenters. The van der Waals surface area contributed by atoms with Gasteiger partial charge in [0.25, 0.3) is 0 Å². The molecule has 1 aromatic carbocycles. The first-order chi connectivity index (χ1) is 8.84.